The third-order valence-corrected chi connectivity index (χ3v) is 8.20. The minimum absolute atomic E-state index is 0.0642. The zero-order valence-electron chi connectivity index (χ0n) is 17.6. The van der Waals surface area contributed by atoms with Crippen LogP contribution in [-0.4, -0.2) is 67.9 Å². The van der Waals surface area contributed by atoms with Gasteiger partial charge in [0, 0.05) is 44.7 Å². The summed E-state index contributed by atoms with van der Waals surface area (Å²) in [5.41, 5.74) is 2.84. The van der Waals surface area contributed by atoms with Crippen LogP contribution < -0.4 is 5.32 Å². The van der Waals surface area contributed by atoms with Crippen molar-refractivity contribution < 1.29 is 17.9 Å². The third kappa shape index (κ3) is 4.82. The van der Waals surface area contributed by atoms with E-state index in [1.165, 1.54) is 4.31 Å². The molecule has 166 valence electrons. The van der Waals surface area contributed by atoms with Gasteiger partial charge in [0.1, 0.15) is 6.04 Å². The van der Waals surface area contributed by atoms with E-state index < -0.39 is 10.0 Å². The lowest BCUT2D eigenvalue weighted by Gasteiger charge is -2.26. The van der Waals surface area contributed by atoms with Crippen LogP contribution in [-0.2, 0) is 26.1 Å². The third-order valence-electron chi connectivity index (χ3n) is 5.51. The first-order valence-electron chi connectivity index (χ1n) is 10.1. The molecule has 2 aliphatic heterocycles. The number of morpholine rings is 1. The fourth-order valence-corrected chi connectivity index (χ4v) is 5.77. The second-order valence-corrected chi connectivity index (χ2v) is 10.7. The molecule has 0 bridgehead atoms. The Morgan fingerprint density at radius 3 is 2.61 bits per heavy atom. The van der Waals surface area contributed by atoms with Crippen molar-refractivity contribution in [3.05, 3.63) is 52.1 Å². The number of aromatic nitrogens is 1. The number of nitrogens with one attached hydrogen (secondary N) is 1. The summed E-state index contributed by atoms with van der Waals surface area (Å²) in [6, 6.07) is 6.40. The summed E-state index contributed by atoms with van der Waals surface area (Å²) in [6.07, 6.45) is 2.59. The summed E-state index contributed by atoms with van der Waals surface area (Å²) < 4.78 is 32.1. The summed E-state index contributed by atoms with van der Waals surface area (Å²) in [5, 5.41) is 5.98. The van der Waals surface area contributed by atoms with Crippen molar-refractivity contribution in [3.63, 3.8) is 0 Å². The number of carbonyl (C=O) groups excluding carboxylic acids is 1. The molecule has 31 heavy (non-hydrogen) atoms. The number of amides is 1. The highest BCUT2D eigenvalue weighted by Crippen LogP contribution is 2.29. The lowest BCUT2D eigenvalue weighted by atomic mass is 10.1. The van der Waals surface area contributed by atoms with Gasteiger partial charge < -0.3 is 15.0 Å². The first kappa shape index (κ1) is 21.9. The molecule has 3 heterocycles. The van der Waals surface area contributed by atoms with E-state index in [4.69, 9.17) is 4.74 Å². The smallest absolute Gasteiger partial charge is 0.243 e. The van der Waals surface area contributed by atoms with Gasteiger partial charge in [-0.2, -0.15) is 4.31 Å². The first-order valence-corrected chi connectivity index (χ1v) is 12.5. The minimum Gasteiger partial charge on any atom is -0.379 e. The maximum atomic E-state index is 12.7. The highest BCUT2D eigenvalue weighted by atomic mass is 32.2. The van der Waals surface area contributed by atoms with E-state index in [1.54, 1.807) is 35.6 Å². The number of aryl methyl sites for hydroxylation is 1. The largest absolute Gasteiger partial charge is 0.379 e. The quantitative estimate of drug-likeness (QED) is 0.704. The Bertz CT molecular complexity index is 1070. The number of carbonyl (C=O) groups is 1. The van der Waals surface area contributed by atoms with Crippen molar-refractivity contribution in [2.45, 2.75) is 30.8 Å². The molecule has 1 N–H and O–H groups in total. The van der Waals surface area contributed by atoms with Crippen LogP contribution in [0.1, 0.15) is 22.7 Å². The lowest BCUT2D eigenvalue weighted by molar-refractivity contribution is -0.124. The van der Waals surface area contributed by atoms with E-state index in [0.717, 1.165) is 21.8 Å². The standard InChI is InChI=1S/C21H26N4O4S2/c1-15-23-19(14-30-15)17-11-20(24(2)13-17)21(26)22-12-16-3-5-18(6-4-16)31(27,28)25-7-9-29-10-8-25/h3-6,13-14,20H,7-12H2,1-2H3,(H,22,26). The zero-order valence-corrected chi connectivity index (χ0v) is 19.2. The minimum atomic E-state index is -3.51. The van der Waals surface area contributed by atoms with Gasteiger partial charge >= 0.3 is 0 Å². The van der Waals surface area contributed by atoms with Crippen molar-refractivity contribution in [1.29, 1.82) is 0 Å². The summed E-state index contributed by atoms with van der Waals surface area (Å²) in [4.78, 5) is 19.4. The summed E-state index contributed by atoms with van der Waals surface area (Å²) in [5.74, 6) is -0.0642. The SMILES string of the molecule is Cc1nc(C2=CN(C)C(C(=O)NCc3ccc(S(=O)(=O)N4CCOCC4)cc3)C2)cs1. The fraction of sp³-hybridized carbons (Fsp3) is 0.429. The fourth-order valence-electron chi connectivity index (χ4n) is 3.72. The summed E-state index contributed by atoms with van der Waals surface area (Å²) in [6.45, 7) is 3.87. The molecule has 1 amide bonds. The van der Waals surface area contributed by atoms with E-state index >= 15 is 0 Å². The molecule has 1 aromatic carbocycles. The van der Waals surface area contributed by atoms with Gasteiger partial charge in [-0.05, 0) is 30.2 Å². The van der Waals surface area contributed by atoms with Gasteiger partial charge in [0.15, 0.2) is 0 Å². The maximum Gasteiger partial charge on any atom is 0.243 e. The molecule has 1 fully saturated rings. The van der Waals surface area contributed by atoms with E-state index in [9.17, 15) is 13.2 Å². The number of ether oxygens (including phenoxy) is 1. The van der Waals surface area contributed by atoms with Crippen LogP contribution in [0.3, 0.4) is 0 Å². The summed E-state index contributed by atoms with van der Waals surface area (Å²) >= 11 is 1.60. The van der Waals surface area contributed by atoms with Gasteiger partial charge in [0.05, 0.1) is 28.8 Å². The van der Waals surface area contributed by atoms with Gasteiger partial charge in [0.25, 0.3) is 0 Å². The molecule has 1 aromatic heterocycles. The summed E-state index contributed by atoms with van der Waals surface area (Å²) in [7, 11) is -1.62. The van der Waals surface area contributed by atoms with E-state index in [-0.39, 0.29) is 16.8 Å². The molecule has 2 aliphatic rings. The van der Waals surface area contributed by atoms with Crippen molar-refractivity contribution in [2.24, 2.45) is 0 Å². The Labute approximate surface area is 186 Å². The predicted molar refractivity (Wildman–Crippen MR) is 119 cm³/mol. The normalized spacial score (nSPS) is 20.0. The average Bonchev–Trinajstić information content (AvgIpc) is 3.38. The number of likely N-dealkylation sites (N-methyl/N-ethyl adjacent to an activating group) is 1. The molecule has 10 heteroatoms. The lowest BCUT2D eigenvalue weighted by Crippen LogP contribution is -2.40. The average molecular weight is 463 g/mol. The Hall–Kier alpha value is -2.27. The molecule has 1 saturated heterocycles. The Morgan fingerprint density at radius 1 is 1.26 bits per heavy atom. The molecule has 1 unspecified atom stereocenters. The number of benzene rings is 1. The van der Waals surface area contributed by atoms with E-state index in [1.807, 2.05) is 30.5 Å². The highest BCUT2D eigenvalue weighted by Gasteiger charge is 2.30. The Balaban J connectivity index is 1.34. The molecule has 1 atom stereocenters. The molecule has 0 aliphatic carbocycles. The molecular weight excluding hydrogens is 436 g/mol. The molecule has 2 aromatic rings. The van der Waals surface area contributed by atoms with Crippen LogP contribution in [0.4, 0.5) is 0 Å². The van der Waals surface area contributed by atoms with Crippen molar-refractivity contribution in [2.75, 3.05) is 33.4 Å². The van der Waals surface area contributed by atoms with Crippen molar-refractivity contribution >= 4 is 32.8 Å². The number of sulfonamides is 1. The Morgan fingerprint density at radius 2 is 1.97 bits per heavy atom. The van der Waals surface area contributed by atoms with Crippen molar-refractivity contribution in [1.82, 2.24) is 19.5 Å². The van der Waals surface area contributed by atoms with Crippen LogP contribution in [0, 0.1) is 6.92 Å². The van der Waals surface area contributed by atoms with Crippen LogP contribution in [0.15, 0.2) is 40.7 Å². The van der Waals surface area contributed by atoms with Gasteiger partial charge in [-0.15, -0.1) is 11.3 Å². The molecule has 4 rings (SSSR count). The van der Waals surface area contributed by atoms with Gasteiger partial charge in [-0.3, -0.25) is 4.79 Å². The number of hydrogen-bond donors (Lipinski definition) is 1. The molecule has 0 spiro atoms. The molecule has 8 nitrogen and oxygen atoms in total. The molecular formula is C21H26N4O4S2. The number of hydrogen-bond acceptors (Lipinski definition) is 7. The van der Waals surface area contributed by atoms with Crippen LogP contribution in [0.5, 0.6) is 0 Å². The highest BCUT2D eigenvalue weighted by molar-refractivity contribution is 7.89. The first-order chi connectivity index (χ1) is 14.8. The molecule has 0 radical (unpaired) electrons. The van der Waals surface area contributed by atoms with Crippen molar-refractivity contribution in [3.8, 4) is 0 Å². The van der Waals surface area contributed by atoms with Crippen LogP contribution in [0.2, 0.25) is 0 Å². The second kappa shape index (κ2) is 9.07. The number of rotatable bonds is 6. The van der Waals surface area contributed by atoms with Gasteiger partial charge in [-0.1, -0.05) is 12.1 Å². The predicted octanol–water partition coefficient (Wildman–Crippen LogP) is 1.83. The topological polar surface area (TPSA) is 91.8 Å². The zero-order chi connectivity index (χ0) is 22.0. The van der Waals surface area contributed by atoms with Gasteiger partial charge in [-0.25, -0.2) is 13.4 Å². The maximum absolute atomic E-state index is 12.7. The van der Waals surface area contributed by atoms with E-state index in [0.29, 0.717) is 39.3 Å². The number of thiazole rings is 1. The van der Waals surface area contributed by atoms with E-state index in [2.05, 4.69) is 10.3 Å². The van der Waals surface area contributed by atoms with Crippen LogP contribution in [0.25, 0.3) is 5.57 Å². The monoisotopic (exact) mass is 462 g/mol. The second-order valence-electron chi connectivity index (χ2n) is 7.67. The van der Waals surface area contributed by atoms with Gasteiger partial charge in [0.2, 0.25) is 15.9 Å². The molecule has 0 saturated carbocycles. The van der Waals surface area contributed by atoms with Crippen LogP contribution >= 0.6 is 11.3 Å². The Kier molecular flexibility index (Phi) is 6.42. The number of nitrogens with zero attached hydrogens (tertiary/aromatic N) is 3.